The number of thioether (sulfide) groups is 1. The Bertz CT molecular complexity index is 318. The summed E-state index contributed by atoms with van der Waals surface area (Å²) in [6.45, 7) is 0.636. The lowest BCUT2D eigenvalue weighted by Crippen LogP contribution is -1.95. The molecular weight excluding hydrogens is 190 g/mol. The molecule has 0 aliphatic heterocycles. The SMILES string of the molecule is CSCc1ccc(C#CCCN)cc1. The van der Waals surface area contributed by atoms with Gasteiger partial charge in [-0.3, -0.25) is 0 Å². The molecule has 1 rings (SSSR count). The molecule has 0 aromatic heterocycles. The highest BCUT2D eigenvalue weighted by Gasteiger charge is 1.90. The fourth-order valence-corrected chi connectivity index (χ4v) is 1.61. The molecule has 2 N–H and O–H groups in total. The van der Waals surface area contributed by atoms with E-state index in [2.05, 4.69) is 42.4 Å². The number of benzene rings is 1. The van der Waals surface area contributed by atoms with E-state index in [-0.39, 0.29) is 0 Å². The summed E-state index contributed by atoms with van der Waals surface area (Å²) in [5.41, 5.74) is 7.77. The molecule has 0 aliphatic rings. The Morgan fingerprint density at radius 3 is 2.57 bits per heavy atom. The number of hydrogen-bond acceptors (Lipinski definition) is 2. The molecule has 0 aliphatic carbocycles. The van der Waals surface area contributed by atoms with E-state index in [4.69, 9.17) is 5.73 Å². The molecular formula is C12H15NS. The minimum Gasteiger partial charge on any atom is -0.330 e. The van der Waals surface area contributed by atoms with Gasteiger partial charge in [0.1, 0.15) is 0 Å². The first-order chi connectivity index (χ1) is 6.86. The molecule has 0 unspecified atom stereocenters. The highest BCUT2D eigenvalue weighted by molar-refractivity contribution is 7.97. The first kappa shape index (κ1) is 11.2. The molecule has 1 aromatic carbocycles. The second kappa shape index (κ2) is 6.53. The zero-order valence-electron chi connectivity index (χ0n) is 8.42. The Kier molecular flexibility index (Phi) is 5.21. The maximum Gasteiger partial charge on any atom is 0.0245 e. The maximum atomic E-state index is 5.35. The van der Waals surface area contributed by atoms with Gasteiger partial charge in [0.2, 0.25) is 0 Å². The van der Waals surface area contributed by atoms with Crippen LogP contribution < -0.4 is 5.73 Å². The standard InChI is InChI=1S/C12H15NS/c1-14-10-12-7-5-11(6-8-12)4-2-3-9-13/h5-8H,3,9-10,13H2,1H3. The molecule has 74 valence electrons. The molecule has 0 amide bonds. The van der Waals surface area contributed by atoms with Crippen LogP contribution in [-0.2, 0) is 5.75 Å². The van der Waals surface area contributed by atoms with E-state index in [1.165, 1.54) is 5.56 Å². The van der Waals surface area contributed by atoms with Crippen molar-refractivity contribution in [3.8, 4) is 11.8 Å². The third kappa shape index (κ3) is 3.87. The quantitative estimate of drug-likeness (QED) is 0.766. The van der Waals surface area contributed by atoms with Crippen molar-refractivity contribution in [2.45, 2.75) is 12.2 Å². The van der Waals surface area contributed by atoms with Gasteiger partial charge in [-0.25, -0.2) is 0 Å². The van der Waals surface area contributed by atoms with Gasteiger partial charge in [-0.2, -0.15) is 11.8 Å². The topological polar surface area (TPSA) is 26.0 Å². The van der Waals surface area contributed by atoms with E-state index in [0.717, 1.165) is 17.7 Å². The average molecular weight is 205 g/mol. The van der Waals surface area contributed by atoms with Crippen LogP contribution in [0.4, 0.5) is 0 Å². The van der Waals surface area contributed by atoms with Gasteiger partial charge in [-0.15, -0.1) is 0 Å². The van der Waals surface area contributed by atoms with Crippen molar-refractivity contribution in [3.63, 3.8) is 0 Å². The third-order valence-corrected chi connectivity index (χ3v) is 2.39. The van der Waals surface area contributed by atoms with E-state index in [9.17, 15) is 0 Å². The monoisotopic (exact) mass is 205 g/mol. The van der Waals surface area contributed by atoms with Crippen molar-refractivity contribution in [3.05, 3.63) is 35.4 Å². The number of hydrogen-bond donors (Lipinski definition) is 1. The molecule has 14 heavy (non-hydrogen) atoms. The van der Waals surface area contributed by atoms with E-state index in [0.29, 0.717) is 6.54 Å². The van der Waals surface area contributed by atoms with Crippen molar-refractivity contribution >= 4 is 11.8 Å². The number of rotatable bonds is 3. The number of nitrogens with two attached hydrogens (primary N) is 1. The molecule has 1 nitrogen and oxygen atoms in total. The molecule has 0 fully saturated rings. The average Bonchev–Trinajstić information content (AvgIpc) is 2.21. The molecule has 0 spiro atoms. The van der Waals surface area contributed by atoms with Crippen LogP contribution >= 0.6 is 11.8 Å². The van der Waals surface area contributed by atoms with E-state index < -0.39 is 0 Å². The zero-order valence-corrected chi connectivity index (χ0v) is 9.23. The van der Waals surface area contributed by atoms with Crippen LogP contribution in [0.5, 0.6) is 0 Å². The van der Waals surface area contributed by atoms with Crippen molar-refractivity contribution in [2.75, 3.05) is 12.8 Å². The Balaban J connectivity index is 2.60. The normalized spacial score (nSPS) is 9.29. The summed E-state index contributed by atoms with van der Waals surface area (Å²) in [6, 6.07) is 8.38. The summed E-state index contributed by atoms with van der Waals surface area (Å²) in [5, 5.41) is 0. The molecule has 0 radical (unpaired) electrons. The van der Waals surface area contributed by atoms with E-state index >= 15 is 0 Å². The summed E-state index contributed by atoms with van der Waals surface area (Å²) in [5.74, 6) is 7.17. The van der Waals surface area contributed by atoms with Crippen molar-refractivity contribution in [1.82, 2.24) is 0 Å². The van der Waals surface area contributed by atoms with Crippen LogP contribution in [-0.4, -0.2) is 12.8 Å². The highest BCUT2D eigenvalue weighted by Crippen LogP contribution is 2.09. The minimum atomic E-state index is 0.636. The van der Waals surface area contributed by atoms with Gasteiger partial charge in [-0.05, 0) is 24.0 Å². The summed E-state index contributed by atoms with van der Waals surface area (Å²) in [7, 11) is 0. The van der Waals surface area contributed by atoms with Crippen LogP contribution in [0, 0.1) is 11.8 Å². The van der Waals surface area contributed by atoms with Crippen molar-refractivity contribution in [1.29, 1.82) is 0 Å². The molecule has 0 atom stereocenters. The van der Waals surface area contributed by atoms with Crippen LogP contribution in [0.15, 0.2) is 24.3 Å². The van der Waals surface area contributed by atoms with E-state index in [1.54, 1.807) is 0 Å². The Morgan fingerprint density at radius 2 is 2.00 bits per heavy atom. The first-order valence-corrected chi connectivity index (χ1v) is 6.03. The molecule has 1 aromatic rings. The summed E-state index contributed by atoms with van der Waals surface area (Å²) < 4.78 is 0. The third-order valence-electron chi connectivity index (χ3n) is 1.77. The Labute approximate surface area is 90.1 Å². The van der Waals surface area contributed by atoms with Crippen molar-refractivity contribution in [2.24, 2.45) is 5.73 Å². The highest BCUT2D eigenvalue weighted by atomic mass is 32.2. The Hall–Kier alpha value is -0.910. The summed E-state index contributed by atoms with van der Waals surface area (Å²) >= 11 is 1.83. The largest absolute Gasteiger partial charge is 0.330 e. The van der Waals surface area contributed by atoms with Crippen LogP contribution in [0.3, 0.4) is 0 Å². The van der Waals surface area contributed by atoms with Gasteiger partial charge >= 0.3 is 0 Å². The van der Waals surface area contributed by atoms with E-state index in [1.807, 2.05) is 11.8 Å². The lowest BCUT2D eigenvalue weighted by Gasteiger charge is -1.97. The van der Waals surface area contributed by atoms with Crippen molar-refractivity contribution < 1.29 is 0 Å². The van der Waals surface area contributed by atoms with Gasteiger partial charge < -0.3 is 5.73 Å². The smallest absolute Gasteiger partial charge is 0.0245 e. The first-order valence-electron chi connectivity index (χ1n) is 4.63. The maximum absolute atomic E-state index is 5.35. The Morgan fingerprint density at radius 1 is 1.29 bits per heavy atom. The fourth-order valence-electron chi connectivity index (χ4n) is 1.09. The van der Waals surface area contributed by atoms with Crippen LogP contribution in [0.1, 0.15) is 17.5 Å². The van der Waals surface area contributed by atoms with Crippen LogP contribution in [0.25, 0.3) is 0 Å². The second-order valence-electron chi connectivity index (χ2n) is 2.97. The lowest BCUT2D eigenvalue weighted by molar-refractivity contribution is 1.03. The summed E-state index contributed by atoms with van der Waals surface area (Å²) in [6.07, 6.45) is 2.88. The fraction of sp³-hybridized carbons (Fsp3) is 0.333. The van der Waals surface area contributed by atoms with Gasteiger partial charge in [0.15, 0.2) is 0 Å². The molecule has 0 saturated heterocycles. The van der Waals surface area contributed by atoms with Gasteiger partial charge in [0.25, 0.3) is 0 Å². The van der Waals surface area contributed by atoms with Gasteiger partial charge in [0.05, 0.1) is 0 Å². The second-order valence-corrected chi connectivity index (χ2v) is 3.84. The summed E-state index contributed by atoms with van der Waals surface area (Å²) in [4.78, 5) is 0. The molecule has 0 bridgehead atoms. The molecule has 0 heterocycles. The lowest BCUT2D eigenvalue weighted by atomic mass is 10.1. The van der Waals surface area contributed by atoms with Gasteiger partial charge in [0, 0.05) is 24.3 Å². The minimum absolute atomic E-state index is 0.636. The predicted molar refractivity (Wildman–Crippen MR) is 64.2 cm³/mol. The zero-order chi connectivity index (χ0) is 10.2. The predicted octanol–water partition coefficient (Wildman–Crippen LogP) is 2.25. The molecule has 2 heteroatoms. The molecule has 0 saturated carbocycles. The van der Waals surface area contributed by atoms with Gasteiger partial charge in [-0.1, -0.05) is 24.0 Å². The van der Waals surface area contributed by atoms with Crippen LogP contribution in [0.2, 0.25) is 0 Å².